The quantitative estimate of drug-likeness (QED) is 0.423. The number of rotatable bonds is 12. The van der Waals surface area contributed by atoms with Crippen LogP contribution < -0.4 is 5.73 Å². The molecule has 132 valence electrons. The second-order valence-electron chi connectivity index (χ2n) is 6.23. The molecule has 0 saturated carbocycles. The molecule has 23 heavy (non-hydrogen) atoms. The molecule has 0 aliphatic carbocycles. The molecule has 0 spiro atoms. The first kappa shape index (κ1) is 21.9. The van der Waals surface area contributed by atoms with Crippen molar-refractivity contribution < 1.29 is 0 Å². The summed E-state index contributed by atoms with van der Waals surface area (Å²) in [7, 11) is 0. The minimum Gasteiger partial charge on any atom is -0.330 e. The molecule has 0 aliphatic rings. The van der Waals surface area contributed by atoms with E-state index >= 15 is 0 Å². The smallest absolute Gasteiger partial charge is 0.00773 e. The first-order chi connectivity index (χ1) is 11.3. The fraction of sp³-hybridized carbons (Fsp3) is 0.636. The minimum atomic E-state index is 0.872. The first-order valence-electron chi connectivity index (χ1n) is 9.70. The van der Waals surface area contributed by atoms with Crippen LogP contribution in [0, 0.1) is 0 Å². The average molecular weight is 318 g/mol. The molecule has 0 fully saturated rings. The van der Waals surface area contributed by atoms with Gasteiger partial charge in [-0.3, -0.25) is 0 Å². The highest BCUT2D eigenvalue weighted by molar-refractivity contribution is 5.51. The Labute approximate surface area is 145 Å². The molecule has 0 heterocycles. The molecule has 1 rings (SSSR count). The zero-order valence-electron chi connectivity index (χ0n) is 15.7. The molecule has 0 aromatic heterocycles. The van der Waals surface area contributed by atoms with E-state index in [2.05, 4.69) is 38.6 Å². The van der Waals surface area contributed by atoms with E-state index in [9.17, 15) is 0 Å². The van der Waals surface area contributed by atoms with E-state index < -0.39 is 0 Å². The van der Waals surface area contributed by atoms with Crippen LogP contribution in [0.1, 0.15) is 89.2 Å². The number of aryl methyl sites for hydroxylation is 1. The fourth-order valence-corrected chi connectivity index (χ4v) is 2.69. The van der Waals surface area contributed by atoms with Gasteiger partial charge < -0.3 is 5.73 Å². The number of hydrogen-bond acceptors (Lipinski definition) is 1. The molecule has 0 unspecified atom stereocenters. The molecular weight excluding hydrogens is 278 g/mol. The summed E-state index contributed by atoms with van der Waals surface area (Å²) in [6.45, 7) is 9.04. The number of benzene rings is 1. The van der Waals surface area contributed by atoms with Gasteiger partial charge in [-0.2, -0.15) is 0 Å². The number of unbranched alkanes of at least 4 members (excludes halogenated alkanes) is 9. The Bertz CT molecular complexity index is 360. The third kappa shape index (κ3) is 13.1. The van der Waals surface area contributed by atoms with Crippen LogP contribution in [0.15, 0.2) is 30.8 Å². The van der Waals surface area contributed by atoms with Crippen molar-refractivity contribution in [3.8, 4) is 0 Å². The van der Waals surface area contributed by atoms with E-state index in [1.54, 1.807) is 0 Å². The molecular formula is C22H39N. The van der Waals surface area contributed by atoms with Crippen LogP contribution in [-0.4, -0.2) is 6.54 Å². The molecule has 0 saturated heterocycles. The van der Waals surface area contributed by atoms with Crippen LogP contribution in [0.5, 0.6) is 0 Å². The van der Waals surface area contributed by atoms with E-state index in [-0.39, 0.29) is 0 Å². The van der Waals surface area contributed by atoms with Gasteiger partial charge >= 0.3 is 0 Å². The highest BCUT2D eigenvalue weighted by atomic mass is 14.5. The van der Waals surface area contributed by atoms with Crippen LogP contribution >= 0.6 is 0 Å². The Balaban J connectivity index is 0.000000433. The van der Waals surface area contributed by atoms with Crippen LogP contribution in [0.25, 0.3) is 6.08 Å². The third-order valence-corrected chi connectivity index (χ3v) is 4.21. The molecule has 0 bridgehead atoms. The lowest BCUT2D eigenvalue weighted by Gasteiger charge is -2.00. The van der Waals surface area contributed by atoms with Crippen molar-refractivity contribution in [1.82, 2.24) is 0 Å². The normalized spacial score (nSPS) is 10.0. The van der Waals surface area contributed by atoms with E-state index in [0.29, 0.717) is 0 Å². The summed E-state index contributed by atoms with van der Waals surface area (Å²) in [5.74, 6) is 0. The molecule has 0 radical (unpaired) electrons. The molecule has 1 heteroatoms. The SMILES string of the molecule is C=Cc1ccccc1CC.CCCCCCCCCCCCN. The second-order valence-corrected chi connectivity index (χ2v) is 6.23. The maximum absolute atomic E-state index is 5.42. The van der Waals surface area contributed by atoms with Gasteiger partial charge in [-0.25, -0.2) is 0 Å². The summed E-state index contributed by atoms with van der Waals surface area (Å²) < 4.78 is 0. The van der Waals surface area contributed by atoms with Gasteiger partial charge in [-0.1, -0.05) is 109 Å². The fourth-order valence-electron chi connectivity index (χ4n) is 2.69. The summed E-state index contributed by atoms with van der Waals surface area (Å²) in [6.07, 6.45) is 16.9. The Morgan fingerprint density at radius 3 is 1.78 bits per heavy atom. The van der Waals surface area contributed by atoms with E-state index in [1.807, 2.05) is 12.1 Å². The lowest BCUT2D eigenvalue weighted by Crippen LogP contribution is -1.97. The van der Waals surface area contributed by atoms with Gasteiger partial charge in [-0.15, -0.1) is 0 Å². The van der Waals surface area contributed by atoms with Gasteiger partial charge in [-0.05, 0) is 30.5 Å². The van der Waals surface area contributed by atoms with Gasteiger partial charge in [0.1, 0.15) is 0 Å². The van der Waals surface area contributed by atoms with Crippen LogP contribution in [0.2, 0.25) is 0 Å². The topological polar surface area (TPSA) is 26.0 Å². The Kier molecular flexibility index (Phi) is 16.5. The van der Waals surface area contributed by atoms with Gasteiger partial charge in [0.05, 0.1) is 0 Å². The Morgan fingerprint density at radius 1 is 0.826 bits per heavy atom. The van der Waals surface area contributed by atoms with Crippen molar-refractivity contribution in [2.24, 2.45) is 5.73 Å². The maximum Gasteiger partial charge on any atom is -0.00773 e. The summed E-state index contributed by atoms with van der Waals surface area (Å²) >= 11 is 0. The van der Waals surface area contributed by atoms with Crippen LogP contribution in [-0.2, 0) is 6.42 Å². The van der Waals surface area contributed by atoms with Crippen molar-refractivity contribution in [2.75, 3.05) is 6.54 Å². The highest BCUT2D eigenvalue weighted by Crippen LogP contribution is 2.10. The molecule has 0 aliphatic heterocycles. The van der Waals surface area contributed by atoms with Crippen molar-refractivity contribution >= 4 is 6.08 Å². The monoisotopic (exact) mass is 317 g/mol. The highest BCUT2D eigenvalue weighted by Gasteiger charge is 1.92. The number of hydrogen-bond donors (Lipinski definition) is 1. The zero-order chi connectivity index (χ0) is 17.2. The molecule has 0 amide bonds. The van der Waals surface area contributed by atoms with Crippen LogP contribution in [0.3, 0.4) is 0 Å². The minimum absolute atomic E-state index is 0.872. The molecule has 1 aromatic rings. The predicted molar refractivity (Wildman–Crippen MR) is 107 cm³/mol. The molecule has 1 aromatic carbocycles. The van der Waals surface area contributed by atoms with Crippen molar-refractivity contribution in [3.05, 3.63) is 42.0 Å². The average Bonchev–Trinajstić information content (AvgIpc) is 2.61. The third-order valence-electron chi connectivity index (χ3n) is 4.21. The largest absolute Gasteiger partial charge is 0.330 e. The number of nitrogens with two attached hydrogens (primary N) is 1. The van der Waals surface area contributed by atoms with Gasteiger partial charge in [0, 0.05) is 0 Å². The second kappa shape index (κ2) is 17.3. The summed E-state index contributed by atoms with van der Waals surface area (Å²) in [6, 6.07) is 8.32. The van der Waals surface area contributed by atoms with Crippen molar-refractivity contribution in [2.45, 2.75) is 84.5 Å². The van der Waals surface area contributed by atoms with Gasteiger partial charge in [0.2, 0.25) is 0 Å². The maximum atomic E-state index is 5.42. The van der Waals surface area contributed by atoms with E-state index in [0.717, 1.165) is 13.0 Å². The summed E-state index contributed by atoms with van der Waals surface area (Å²) in [4.78, 5) is 0. The van der Waals surface area contributed by atoms with Gasteiger partial charge in [0.25, 0.3) is 0 Å². The Hall–Kier alpha value is -1.08. The van der Waals surface area contributed by atoms with Crippen molar-refractivity contribution in [3.63, 3.8) is 0 Å². The Morgan fingerprint density at radius 2 is 1.35 bits per heavy atom. The summed E-state index contributed by atoms with van der Waals surface area (Å²) in [5, 5.41) is 0. The molecule has 0 atom stereocenters. The molecule has 2 N–H and O–H groups in total. The standard InChI is InChI=1S/C12H27N.C10H12/c1-2-3-4-5-6-7-8-9-10-11-12-13;1-3-9-7-5-6-8-10(9)4-2/h2-13H2,1H3;3,5-8H,1,4H2,2H3. The first-order valence-corrected chi connectivity index (χ1v) is 9.70. The summed E-state index contributed by atoms with van der Waals surface area (Å²) in [5.41, 5.74) is 8.05. The lowest BCUT2D eigenvalue weighted by molar-refractivity contribution is 0.558. The van der Waals surface area contributed by atoms with Gasteiger partial charge in [0.15, 0.2) is 0 Å². The van der Waals surface area contributed by atoms with E-state index in [4.69, 9.17) is 5.73 Å². The predicted octanol–water partition coefficient (Wildman–Crippen LogP) is 6.76. The van der Waals surface area contributed by atoms with Crippen LogP contribution in [0.4, 0.5) is 0 Å². The van der Waals surface area contributed by atoms with E-state index in [1.165, 1.54) is 75.3 Å². The van der Waals surface area contributed by atoms with Crippen molar-refractivity contribution in [1.29, 1.82) is 0 Å². The molecule has 1 nitrogen and oxygen atoms in total. The zero-order valence-corrected chi connectivity index (χ0v) is 15.7. The lowest BCUT2D eigenvalue weighted by atomic mass is 10.1.